The predicted molar refractivity (Wildman–Crippen MR) is 158 cm³/mol. The van der Waals surface area contributed by atoms with Crippen molar-refractivity contribution < 1.29 is 14.3 Å². The Morgan fingerprint density at radius 2 is 1.92 bits per heavy atom. The van der Waals surface area contributed by atoms with Crippen molar-refractivity contribution in [2.45, 2.75) is 77.3 Å². The molecule has 3 N–H and O–H groups in total. The summed E-state index contributed by atoms with van der Waals surface area (Å²) < 4.78 is 7.79. The lowest BCUT2D eigenvalue weighted by atomic mass is 9.91. The second-order valence-electron chi connectivity index (χ2n) is 10.9. The van der Waals surface area contributed by atoms with Crippen LogP contribution in [0.5, 0.6) is 0 Å². The van der Waals surface area contributed by atoms with Gasteiger partial charge in [-0.2, -0.15) is 0 Å². The summed E-state index contributed by atoms with van der Waals surface area (Å²) in [6, 6.07) is 16.1. The van der Waals surface area contributed by atoms with E-state index in [-0.39, 0.29) is 17.9 Å². The lowest BCUT2D eigenvalue weighted by molar-refractivity contribution is -0.132. The predicted octanol–water partition coefficient (Wildman–Crippen LogP) is 5.39. The van der Waals surface area contributed by atoms with Crippen LogP contribution in [0.3, 0.4) is 0 Å². The number of piperidine rings is 1. The van der Waals surface area contributed by atoms with Crippen LogP contribution in [0.4, 0.5) is 5.69 Å². The van der Waals surface area contributed by atoms with Crippen molar-refractivity contribution in [2.24, 2.45) is 5.73 Å². The number of methoxy groups -OCH3 is 1. The van der Waals surface area contributed by atoms with E-state index >= 15 is 0 Å². The van der Waals surface area contributed by atoms with E-state index in [1.165, 1.54) is 22.2 Å². The SMILES string of the molecule is CCCC(=O)Nc1ccc(C[C@@H](N)CC(=O)N2CCCC(c3c(C)c4ccccc4n3CCCOC)C2)cc1. The van der Waals surface area contributed by atoms with Gasteiger partial charge in [0.2, 0.25) is 11.8 Å². The van der Waals surface area contributed by atoms with Crippen molar-refractivity contribution in [2.75, 3.05) is 32.1 Å². The normalized spacial score (nSPS) is 16.4. The van der Waals surface area contributed by atoms with Crippen molar-refractivity contribution >= 4 is 28.4 Å². The minimum atomic E-state index is -0.249. The van der Waals surface area contributed by atoms with E-state index in [4.69, 9.17) is 10.5 Å². The number of nitrogens with zero attached hydrogens (tertiary/aromatic N) is 2. The van der Waals surface area contributed by atoms with Gasteiger partial charge in [-0.05, 0) is 68.4 Å². The first-order chi connectivity index (χ1) is 18.9. The Balaban J connectivity index is 1.39. The van der Waals surface area contributed by atoms with E-state index in [1.807, 2.05) is 36.1 Å². The fourth-order valence-electron chi connectivity index (χ4n) is 5.96. The number of hydrogen-bond donors (Lipinski definition) is 2. The molecule has 7 heteroatoms. The van der Waals surface area contributed by atoms with Crippen molar-refractivity contribution in [3.63, 3.8) is 0 Å². The first-order valence-corrected chi connectivity index (χ1v) is 14.4. The molecule has 1 aliphatic rings. The number of para-hydroxylation sites is 1. The highest BCUT2D eigenvalue weighted by Crippen LogP contribution is 2.36. The summed E-state index contributed by atoms with van der Waals surface area (Å²) in [7, 11) is 1.75. The molecular formula is C32H44N4O3. The average Bonchev–Trinajstić information content (AvgIpc) is 3.21. The highest BCUT2D eigenvalue weighted by molar-refractivity contribution is 5.90. The molecule has 1 saturated heterocycles. The molecule has 4 rings (SSSR count). The zero-order chi connectivity index (χ0) is 27.8. The summed E-state index contributed by atoms with van der Waals surface area (Å²) in [6.45, 7) is 7.38. The van der Waals surface area contributed by atoms with E-state index < -0.39 is 0 Å². The number of aromatic nitrogens is 1. The highest BCUT2D eigenvalue weighted by atomic mass is 16.5. The number of likely N-dealkylation sites (tertiary alicyclic amines) is 1. The largest absolute Gasteiger partial charge is 0.385 e. The number of aryl methyl sites for hydroxylation is 2. The van der Waals surface area contributed by atoms with Crippen LogP contribution in [0.25, 0.3) is 10.9 Å². The van der Waals surface area contributed by atoms with Gasteiger partial charge < -0.3 is 25.3 Å². The molecule has 3 aromatic rings. The van der Waals surface area contributed by atoms with Crippen molar-refractivity contribution in [3.8, 4) is 0 Å². The van der Waals surface area contributed by atoms with Crippen LogP contribution in [-0.2, 0) is 27.3 Å². The third-order valence-electron chi connectivity index (χ3n) is 7.81. The molecule has 0 radical (unpaired) electrons. The lowest BCUT2D eigenvalue weighted by Crippen LogP contribution is -2.42. The molecule has 39 heavy (non-hydrogen) atoms. The summed E-state index contributed by atoms with van der Waals surface area (Å²) in [5.74, 6) is 0.470. The molecule has 2 heterocycles. The molecule has 0 aliphatic carbocycles. The van der Waals surface area contributed by atoms with Crippen LogP contribution in [0, 0.1) is 6.92 Å². The number of anilines is 1. The molecule has 2 amide bonds. The monoisotopic (exact) mass is 532 g/mol. The van der Waals surface area contributed by atoms with Gasteiger partial charge in [-0.25, -0.2) is 0 Å². The number of amides is 2. The summed E-state index contributed by atoms with van der Waals surface area (Å²) in [5.41, 5.74) is 12.3. The molecule has 2 atom stereocenters. The maximum Gasteiger partial charge on any atom is 0.224 e. The Kier molecular flexibility index (Phi) is 10.2. The number of carbonyl (C=O) groups excluding carboxylic acids is 2. The molecule has 1 aliphatic heterocycles. The second-order valence-corrected chi connectivity index (χ2v) is 10.9. The topological polar surface area (TPSA) is 89.6 Å². The van der Waals surface area contributed by atoms with Crippen LogP contribution in [0.15, 0.2) is 48.5 Å². The number of benzene rings is 2. The maximum absolute atomic E-state index is 13.3. The van der Waals surface area contributed by atoms with Gasteiger partial charge in [0.15, 0.2) is 0 Å². The highest BCUT2D eigenvalue weighted by Gasteiger charge is 2.29. The number of fused-ring (bicyclic) bond motifs is 1. The average molecular weight is 533 g/mol. The van der Waals surface area contributed by atoms with Gasteiger partial charge in [0, 0.05) is 80.4 Å². The molecule has 0 spiro atoms. The first-order valence-electron chi connectivity index (χ1n) is 14.4. The van der Waals surface area contributed by atoms with Gasteiger partial charge in [0.05, 0.1) is 0 Å². The lowest BCUT2D eigenvalue weighted by Gasteiger charge is -2.34. The zero-order valence-electron chi connectivity index (χ0n) is 23.7. The molecular weight excluding hydrogens is 488 g/mol. The molecule has 0 saturated carbocycles. The number of nitrogens with one attached hydrogen (secondary N) is 1. The number of rotatable bonds is 12. The summed E-state index contributed by atoms with van der Waals surface area (Å²) in [4.78, 5) is 27.2. The fraction of sp³-hybridized carbons (Fsp3) is 0.500. The van der Waals surface area contributed by atoms with Crippen molar-refractivity contribution in [1.82, 2.24) is 9.47 Å². The first kappa shape index (κ1) is 28.8. The van der Waals surface area contributed by atoms with Gasteiger partial charge in [0.1, 0.15) is 0 Å². The Hall–Kier alpha value is -3.16. The third kappa shape index (κ3) is 7.28. The molecule has 210 valence electrons. The van der Waals surface area contributed by atoms with E-state index in [9.17, 15) is 9.59 Å². The zero-order valence-corrected chi connectivity index (χ0v) is 23.7. The number of nitrogens with two attached hydrogens (primary N) is 1. The van der Waals surface area contributed by atoms with Gasteiger partial charge in [-0.15, -0.1) is 0 Å². The van der Waals surface area contributed by atoms with Gasteiger partial charge in [0.25, 0.3) is 0 Å². The molecule has 1 fully saturated rings. The Morgan fingerprint density at radius 1 is 1.15 bits per heavy atom. The van der Waals surface area contributed by atoms with Crippen molar-refractivity contribution in [3.05, 3.63) is 65.4 Å². The molecule has 1 aromatic heterocycles. The van der Waals surface area contributed by atoms with Crippen LogP contribution in [0.2, 0.25) is 0 Å². The molecule has 2 aromatic carbocycles. The van der Waals surface area contributed by atoms with Gasteiger partial charge in [-0.3, -0.25) is 9.59 Å². The Labute approximate surface area is 232 Å². The second kappa shape index (κ2) is 13.8. The Bertz CT molecular complexity index is 1250. The van der Waals surface area contributed by atoms with E-state index in [0.717, 1.165) is 63.2 Å². The molecule has 7 nitrogen and oxygen atoms in total. The number of hydrogen-bond acceptors (Lipinski definition) is 4. The molecule has 0 bridgehead atoms. The van der Waals surface area contributed by atoms with E-state index in [2.05, 4.69) is 41.1 Å². The quantitative estimate of drug-likeness (QED) is 0.306. The minimum Gasteiger partial charge on any atom is -0.385 e. The summed E-state index contributed by atoms with van der Waals surface area (Å²) in [5, 5.41) is 4.21. The van der Waals surface area contributed by atoms with Crippen LogP contribution in [-0.4, -0.2) is 54.1 Å². The smallest absolute Gasteiger partial charge is 0.224 e. The standard InChI is InChI=1S/C32H44N4O3/c1-4-9-30(37)34-27-15-13-24(14-16-27)20-26(33)21-31(38)35-17-7-10-25(22-35)32-23(2)28-11-5-6-12-29(28)36(32)18-8-19-39-3/h5-6,11-16,25-26H,4,7-10,17-22,33H2,1-3H3,(H,34,37)/t25?,26-/m1/s1. The third-order valence-corrected chi connectivity index (χ3v) is 7.81. The van der Waals surface area contributed by atoms with Crippen molar-refractivity contribution in [1.29, 1.82) is 0 Å². The summed E-state index contributed by atoms with van der Waals surface area (Å²) >= 11 is 0. The number of carbonyl (C=O) groups is 2. The van der Waals surface area contributed by atoms with Crippen LogP contribution in [0.1, 0.15) is 68.2 Å². The maximum atomic E-state index is 13.3. The van der Waals surface area contributed by atoms with Gasteiger partial charge in [-0.1, -0.05) is 37.3 Å². The van der Waals surface area contributed by atoms with Gasteiger partial charge >= 0.3 is 0 Å². The fourth-order valence-corrected chi connectivity index (χ4v) is 5.96. The van der Waals surface area contributed by atoms with E-state index in [0.29, 0.717) is 25.2 Å². The molecule has 1 unspecified atom stereocenters. The number of ether oxygens (including phenoxy) is 1. The van der Waals surface area contributed by atoms with Crippen LogP contribution < -0.4 is 11.1 Å². The Morgan fingerprint density at radius 3 is 2.67 bits per heavy atom. The van der Waals surface area contributed by atoms with E-state index in [1.54, 1.807) is 7.11 Å². The minimum absolute atomic E-state index is 0.0259. The summed E-state index contributed by atoms with van der Waals surface area (Å²) in [6.07, 6.45) is 5.33. The van der Waals surface area contributed by atoms with Crippen LogP contribution >= 0.6 is 0 Å².